The molecule has 0 aromatic carbocycles. The van der Waals surface area contributed by atoms with Crippen LogP contribution in [0.25, 0.3) is 0 Å². The molecule has 2 aromatic heterocycles. The topological polar surface area (TPSA) is 80.5 Å². The lowest BCUT2D eigenvalue weighted by Gasteiger charge is -2.03. The molecule has 6 nitrogen and oxygen atoms in total. The van der Waals surface area contributed by atoms with Crippen molar-refractivity contribution in [3.05, 3.63) is 17.5 Å². The second-order valence-electron chi connectivity index (χ2n) is 4.92. The standard InChI is InChI=1S/C12H17N5OS/c1-7(11-13-8(2)17-18-11)19-12-14-10(15-16-12)9-5-3-4-6-9/h7,9H,3-6H2,1-2H3,(H,14,15,16). The van der Waals surface area contributed by atoms with Crippen molar-refractivity contribution in [2.75, 3.05) is 0 Å². The van der Waals surface area contributed by atoms with Crippen LogP contribution in [-0.4, -0.2) is 25.3 Å². The average molecular weight is 279 g/mol. The minimum atomic E-state index is 0.0634. The van der Waals surface area contributed by atoms with Gasteiger partial charge in [0.2, 0.25) is 11.0 Å². The number of nitrogens with one attached hydrogen (secondary N) is 1. The fraction of sp³-hybridized carbons (Fsp3) is 0.667. The Morgan fingerprint density at radius 3 is 2.79 bits per heavy atom. The van der Waals surface area contributed by atoms with E-state index in [2.05, 4.69) is 25.3 Å². The Hall–Kier alpha value is -1.37. The summed E-state index contributed by atoms with van der Waals surface area (Å²) in [6.45, 7) is 3.83. The minimum absolute atomic E-state index is 0.0634. The maximum Gasteiger partial charge on any atom is 0.239 e. The van der Waals surface area contributed by atoms with Gasteiger partial charge in [-0.05, 0) is 26.7 Å². The lowest BCUT2D eigenvalue weighted by Crippen LogP contribution is -1.94. The van der Waals surface area contributed by atoms with Gasteiger partial charge in [-0.2, -0.15) is 4.98 Å². The lowest BCUT2D eigenvalue weighted by atomic mass is 10.1. The van der Waals surface area contributed by atoms with Crippen LogP contribution in [0.1, 0.15) is 61.3 Å². The van der Waals surface area contributed by atoms with Gasteiger partial charge in [-0.3, -0.25) is 5.10 Å². The number of thioether (sulfide) groups is 1. The van der Waals surface area contributed by atoms with E-state index in [1.165, 1.54) is 37.4 Å². The van der Waals surface area contributed by atoms with E-state index in [-0.39, 0.29) is 5.25 Å². The smallest absolute Gasteiger partial charge is 0.239 e. The van der Waals surface area contributed by atoms with E-state index in [9.17, 15) is 0 Å². The molecule has 0 bridgehead atoms. The molecule has 1 atom stereocenters. The van der Waals surface area contributed by atoms with E-state index in [1.807, 2.05) is 13.8 Å². The molecule has 0 radical (unpaired) electrons. The van der Waals surface area contributed by atoms with E-state index in [0.717, 1.165) is 11.0 Å². The summed E-state index contributed by atoms with van der Waals surface area (Å²) in [7, 11) is 0. The van der Waals surface area contributed by atoms with E-state index in [4.69, 9.17) is 4.52 Å². The van der Waals surface area contributed by atoms with Crippen LogP contribution in [-0.2, 0) is 0 Å². The predicted octanol–water partition coefficient (Wildman–Crippen LogP) is 3.01. The maximum absolute atomic E-state index is 5.16. The minimum Gasteiger partial charge on any atom is -0.338 e. The van der Waals surface area contributed by atoms with Crippen molar-refractivity contribution in [1.29, 1.82) is 0 Å². The summed E-state index contributed by atoms with van der Waals surface area (Å²) in [4.78, 5) is 8.80. The van der Waals surface area contributed by atoms with Crippen LogP contribution in [0.5, 0.6) is 0 Å². The lowest BCUT2D eigenvalue weighted by molar-refractivity contribution is 0.376. The van der Waals surface area contributed by atoms with Crippen molar-refractivity contribution in [3.8, 4) is 0 Å². The number of aromatic amines is 1. The van der Waals surface area contributed by atoms with Gasteiger partial charge in [0.15, 0.2) is 5.82 Å². The van der Waals surface area contributed by atoms with Gasteiger partial charge in [0, 0.05) is 5.92 Å². The third-order valence-electron chi connectivity index (χ3n) is 3.40. The quantitative estimate of drug-likeness (QED) is 0.866. The van der Waals surface area contributed by atoms with Gasteiger partial charge in [0.25, 0.3) is 0 Å². The number of H-pyrrole nitrogens is 1. The van der Waals surface area contributed by atoms with Crippen molar-refractivity contribution >= 4 is 11.8 Å². The highest BCUT2D eigenvalue weighted by Gasteiger charge is 2.22. The van der Waals surface area contributed by atoms with Gasteiger partial charge in [0.05, 0.1) is 5.25 Å². The molecule has 3 rings (SSSR count). The predicted molar refractivity (Wildman–Crippen MR) is 70.9 cm³/mol. The molecule has 1 unspecified atom stereocenters. The molecule has 1 aliphatic carbocycles. The third-order valence-corrected chi connectivity index (χ3v) is 4.35. The van der Waals surface area contributed by atoms with E-state index < -0.39 is 0 Å². The Balaban J connectivity index is 1.66. The SMILES string of the molecule is Cc1noc(C(C)Sc2n[nH]c(C3CCCC3)n2)n1. The van der Waals surface area contributed by atoms with Crippen molar-refractivity contribution in [1.82, 2.24) is 25.3 Å². The average Bonchev–Trinajstić information content (AvgIpc) is 3.07. The Morgan fingerprint density at radius 1 is 1.32 bits per heavy atom. The molecule has 1 aliphatic rings. The summed E-state index contributed by atoms with van der Waals surface area (Å²) in [5.74, 6) is 2.86. The molecule has 1 N–H and O–H groups in total. The molecule has 0 saturated heterocycles. The summed E-state index contributed by atoms with van der Waals surface area (Å²) in [5.41, 5.74) is 0. The summed E-state index contributed by atoms with van der Waals surface area (Å²) in [6, 6.07) is 0. The molecule has 19 heavy (non-hydrogen) atoms. The van der Waals surface area contributed by atoms with Gasteiger partial charge in [0.1, 0.15) is 5.82 Å². The molecular weight excluding hydrogens is 262 g/mol. The van der Waals surface area contributed by atoms with Crippen LogP contribution in [0.4, 0.5) is 0 Å². The highest BCUT2D eigenvalue weighted by molar-refractivity contribution is 7.99. The van der Waals surface area contributed by atoms with Crippen LogP contribution in [0.15, 0.2) is 9.68 Å². The van der Waals surface area contributed by atoms with Crippen molar-refractivity contribution in [2.24, 2.45) is 0 Å². The zero-order chi connectivity index (χ0) is 13.2. The Bertz CT molecular complexity index is 546. The molecule has 1 saturated carbocycles. The normalized spacial score (nSPS) is 18.0. The van der Waals surface area contributed by atoms with Crippen LogP contribution in [0.2, 0.25) is 0 Å². The summed E-state index contributed by atoms with van der Waals surface area (Å²) < 4.78 is 5.16. The van der Waals surface area contributed by atoms with Crippen molar-refractivity contribution in [2.45, 2.75) is 55.9 Å². The van der Waals surface area contributed by atoms with Gasteiger partial charge in [-0.25, -0.2) is 4.98 Å². The monoisotopic (exact) mass is 279 g/mol. The van der Waals surface area contributed by atoms with Crippen LogP contribution in [0.3, 0.4) is 0 Å². The second kappa shape index (κ2) is 5.32. The van der Waals surface area contributed by atoms with Gasteiger partial charge in [-0.15, -0.1) is 5.10 Å². The molecular formula is C12H17N5OS. The zero-order valence-electron chi connectivity index (χ0n) is 11.1. The molecule has 7 heteroatoms. The first kappa shape index (κ1) is 12.7. The largest absolute Gasteiger partial charge is 0.338 e. The van der Waals surface area contributed by atoms with Gasteiger partial charge in [-0.1, -0.05) is 29.8 Å². The van der Waals surface area contributed by atoms with Crippen LogP contribution < -0.4 is 0 Å². The Labute approximate surface area is 115 Å². The summed E-state index contributed by atoms with van der Waals surface area (Å²) in [5, 5.41) is 11.9. The first-order valence-electron chi connectivity index (χ1n) is 6.61. The van der Waals surface area contributed by atoms with Crippen molar-refractivity contribution < 1.29 is 4.52 Å². The van der Waals surface area contributed by atoms with E-state index in [0.29, 0.717) is 17.6 Å². The maximum atomic E-state index is 5.16. The highest BCUT2D eigenvalue weighted by atomic mass is 32.2. The second-order valence-corrected chi connectivity index (χ2v) is 6.23. The number of rotatable bonds is 4. The third kappa shape index (κ3) is 2.80. The summed E-state index contributed by atoms with van der Waals surface area (Å²) in [6.07, 6.45) is 5.03. The number of aromatic nitrogens is 5. The van der Waals surface area contributed by atoms with E-state index >= 15 is 0 Å². The fourth-order valence-corrected chi connectivity index (χ4v) is 3.14. The number of nitrogens with zero attached hydrogens (tertiary/aromatic N) is 4. The summed E-state index contributed by atoms with van der Waals surface area (Å²) >= 11 is 1.54. The molecule has 102 valence electrons. The van der Waals surface area contributed by atoms with Crippen LogP contribution >= 0.6 is 11.8 Å². The first-order valence-corrected chi connectivity index (χ1v) is 7.49. The molecule has 0 amide bonds. The van der Waals surface area contributed by atoms with Crippen molar-refractivity contribution in [3.63, 3.8) is 0 Å². The molecule has 2 aromatic rings. The van der Waals surface area contributed by atoms with E-state index in [1.54, 1.807) is 0 Å². The number of aryl methyl sites for hydroxylation is 1. The first-order chi connectivity index (χ1) is 9.22. The molecule has 0 aliphatic heterocycles. The van der Waals surface area contributed by atoms with Gasteiger partial charge >= 0.3 is 0 Å². The molecule has 2 heterocycles. The molecule has 1 fully saturated rings. The van der Waals surface area contributed by atoms with Crippen LogP contribution in [0, 0.1) is 6.92 Å². The number of hydrogen-bond donors (Lipinski definition) is 1. The Morgan fingerprint density at radius 2 is 2.11 bits per heavy atom. The number of hydrogen-bond acceptors (Lipinski definition) is 6. The zero-order valence-corrected chi connectivity index (χ0v) is 11.9. The fourth-order valence-electron chi connectivity index (χ4n) is 2.38. The van der Waals surface area contributed by atoms with Gasteiger partial charge < -0.3 is 4.52 Å². The highest BCUT2D eigenvalue weighted by Crippen LogP contribution is 2.35. The molecule has 0 spiro atoms. The Kier molecular flexibility index (Phi) is 3.54.